The maximum atomic E-state index is 12.2. The zero-order valence-corrected chi connectivity index (χ0v) is 15.1. The first-order valence-corrected chi connectivity index (χ1v) is 9.20. The number of hydrogen-bond acceptors (Lipinski definition) is 4. The fraction of sp³-hybridized carbons (Fsp3) is 0.0417. The average Bonchev–Trinajstić information content (AvgIpc) is 3.20. The van der Waals surface area contributed by atoms with Crippen molar-refractivity contribution < 1.29 is 4.42 Å². The summed E-state index contributed by atoms with van der Waals surface area (Å²) < 4.78 is 5.40. The number of benzene rings is 3. The molecule has 5 rings (SSSR count). The Bertz CT molecular complexity index is 1210. The van der Waals surface area contributed by atoms with Gasteiger partial charge in [0.2, 0.25) is 0 Å². The van der Waals surface area contributed by atoms with Crippen LogP contribution >= 0.6 is 0 Å². The molecule has 1 aromatic heterocycles. The van der Waals surface area contributed by atoms with Crippen LogP contribution in [0.5, 0.6) is 0 Å². The van der Waals surface area contributed by atoms with E-state index in [9.17, 15) is 4.79 Å². The van der Waals surface area contributed by atoms with Crippen molar-refractivity contribution in [3.8, 4) is 0 Å². The van der Waals surface area contributed by atoms with E-state index >= 15 is 0 Å². The van der Waals surface area contributed by atoms with Crippen LogP contribution in [0.2, 0.25) is 0 Å². The minimum atomic E-state index is -0.344. The third-order valence-corrected chi connectivity index (χ3v) is 4.96. The maximum Gasteiger partial charge on any atom is 0.336 e. The Kier molecular flexibility index (Phi) is 3.95. The van der Waals surface area contributed by atoms with Gasteiger partial charge in [-0.2, -0.15) is 0 Å². The summed E-state index contributed by atoms with van der Waals surface area (Å²) in [5.41, 5.74) is 7.80. The molecule has 1 aliphatic rings. The first-order valence-electron chi connectivity index (χ1n) is 9.20. The number of rotatable bonds is 3. The van der Waals surface area contributed by atoms with Crippen LogP contribution in [-0.4, -0.2) is 0 Å². The Morgan fingerprint density at radius 1 is 0.821 bits per heavy atom. The predicted molar refractivity (Wildman–Crippen MR) is 112 cm³/mol. The highest BCUT2D eigenvalue weighted by Crippen LogP contribution is 2.37. The molecule has 1 unspecified atom stereocenters. The lowest BCUT2D eigenvalue weighted by Crippen LogP contribution is -2.34. The van der Waals surface area contributed by atoms with Crippen LogP contribution < -0.4 is 16.1 Å². The van der Waals surface area contributed by atoms with Gasteiger partial charge in [-0.25, -0.2) is 4.79 Å². The fourth-order valence-electron chi connectivity index (χ4n) is 3.67. The molecule has 0 aliphatic carbocycles. The zero-order valence-electron chi connectivity index (χ0n) is 15.1. The van der Waals surface area contributed by atoms with E-state index < -0.39 is 0 Å². The van der Waals surface area contributed by atoms with E-state index in [0.29, 0.717) is 5.58 Å². The molecule has 3 aromatic carbocycles. The lowest BCUT2D eigenvalue weighted by molar-refractivity contribution is 0.556. The third kappa shape index (κ3) is 2.85. The van der Waals surface area contributed by atoms with Crippen molar-refractivity contribution in [3.63, 3.8) is 0 Å². The van der Waals surface area contributed by atoms with E-state index in [0.717, 1.165) is 27.9 Å². The highest BCUT2D eigenvalue weighted by atomic mass is 16.4. The molecule has 0 spiro atoms. The van der Waals surface area contributed by atoms with Gasteiger partial charge in [-0.15, -0.1) is 0 Å². The summed E-state index contributed by atoms with van der Waals surface area (Å²) in [4.78, 5) is 12.2. The van der Waals surface area contributed by atoms with Crippen LogP contribution in [-0.2, 0) is 0 Å². The highest BCUT2D eigenvalue weighted by molar-refractivity contribution is 5.83. The molecule has 0 radical (unpaired) electrons. The summed E-state index contributed by atoms with van der Waals surface area (Å²) in [5, 5.41) is 3.02. The van der Waals surface area contributed by atoms with E-state index in [2.05, 4.69) is 40.8 Å². The van der Waals surface area contributed by atoms with Crippen molar-refractivity contribution in [1.29, 1.82) is 0 Å². The Hall–Kier alpha value is -3.79. The Balaban J connectivity index is 1.70. The number of fused-ring (bicyclic) bond motifs is 1. The van der Waals surface area contributed by atoms with Gasteiger partial charge >= 0.3 is 5.63 Å². The molecule has 4 nitrogen and oxygen atoms in total. The summed E-state index contributed by atoms with van der Waals surface area (Å²) in [6.07, 6.45) is 2.16. The Morgan fingerprint density at radius 2 is 1.50 bits per heavy atom. The fourth-order valence-corrected chi connectivity index (χ4v) is 3.67. The normalized spacial score (nSPS) is 16.1. The monoisotopic (exact) mass is 366 g/mol. The smallest absolute Gasteiger partial charge is 0.336 e. The van der Waals surface area contributed by atoms with E-state index in [4.69, 9.17) is 4.42 Å². The number of hydrazine groups is 1. The van der Waals surface area contributed by atoms with Crippen molar-refractivity contribution >= 4 is 22.4 Å². The largest absolute Gasteiger partial charge is 0.423 e. The van der Waals surface area contributed by atoms with Crippen LogP contribution in [0.25, 0.3) is 16.7 Å². The molecule has 1 aliphatic heterocycles. The number of nitrogens with one attached hydrogen (secondary N) is 1. The van der Waals surface area contributed by atoms with Gasteiger partial charge in [-0.1, -0.05) is 66.7 Å². The molecule has 0 saturated heterocycles. The lowest BCUT2D eigenvalue weighted by atomic mass is 10.0. The van der Waals surface area contributed by atoms with Crippen molar-refractivity contribution in [2.75, 3.05) is 5.01 Å². The third-order valence-electron chi connectivity index (χ3n) is 4.96. The van der Waals surface area contributed by atoms with Crippen molar-refractivity contribution in [2.24, 2.45) is 0 Å². The first kappa shape index (κ1) is 16.4. The number of nitrogens with zero attached hydrogens (tertiary/aromatic N) is 1. The van der Waals surface area contributed by atoms with Crippen molar-refractivity contribution in [3.05, 3.63) is 119 Å². The standard InChI is InChI=1S/C24H18N2O2/c27-24-15-20(19-13-7-8-14-23(19)28-24)22-16-21(17-9-3-1-4-10-17)25-26(22)18-11-5-2-6-12-18/h1-16,22,25H. The molecule has 4 aromatic rings. The van der Waals surface area contributed by atoms with Gasteiger partial charge in [-0.05, 0) is 35.4 Å². The van der Waals surface area contributed by atoms with E-state index in [1.54, 1.807) is 6.07 Å². The molecule has 1 atom stereocenters. The molecule has 136 valence electrons. The second kappa shape index (κ2) is 6.74. The number of anilines is 1. The molecule has 4 heteroatoms. The molecule has 28 heavy (non-hydrogen) atoms. The highest BCUT2D eigenvalue weighted by Gasteiger charge is 2.29. The second-order valence-corrected chi connectivity index (χ2v) is 6.73. The summed E-state index contributed by atoms with van der Waals surface area (Å²) in [5.74, 6) is 0. The van der Waals surface area contributed by atoms with Crippen molar-refractivity contribution in [1.82, 2.24) is 5.43 Å². The molecule has 0 bridgehead atoms. The van der Waals surface area contributed by atoms with Gasteiger partial charge in [0.05, 0.1) is 17.4 Å². The van der Waals surface area contributed by atoms with Gasteiger partial charge in [0.25, 0.3) is 0 Å². The van der Waals surface area contributed by atoms with Crippen LogP contribution in [0.4, 0.5) is 5.69 Å². The SMILES string of the molecule is O=c1cc(C2C=C(c3ccccc3)NN2c2ccccc2)c2ccccc2o1. The summed E-state index contributed by atoms with van der Waals surface area (Å²) in [6.45, 7) is 0. The van der Waals surface area contributed by atoms with Crippen LogP contribution in [0.3, 0.4) is 0 Å². The topological polar surface area (TPSA) is 45.5 Å². The maximum absolute atomic E-state index is 12.2. The Labute approximate surface area is 162 Å². The minimum absolute atomic E-state index is 0.147. The average molecular weight is 366 g/mol. The zero-order chi connectivity index (χ0) is 18.9. The van der Waals surface area contributed by atoms with Gasteiger partial charge < -0.3 is 4.42 Å². The summed E-state index contributed by atoms with van der Waals surface area (Å²) in [6, 6.07) is 29.4. The molecule has 1 N–H and O–H groups in total. The molecular formula is C24H18N2O2. The number of para-hydroxylation sites is 2. The van der Waals surface area contributed by atoms with E-state index in [1.807, 2.05) is 60.7 Å². The molecule has 0 amide bonds. The van der Waals surface area contributed by atoms with Crippen LogP contribution in [0, 0.1) is 0 Å². The Morgan fingerprint density at radius 3 is 2.29 bits per heavy atom. The molecule has 0 saturated carbocycles. The minimum Gasteiger partial charge on any atom is -0.423 e. The summed E-state index contributed by atoms with van der Waals surface area (Å²) in [7, 11) is 0. The second-order valence-electron chi connectivity index (χ2n) is 6.73. The van der Waals surface area contributed by atoms with Crippen LogP contribution in [0.15, 0.2) is 106 Å². The number of hydrogen-bond donors (Lipinski definition) is 1. The van der Waals surface area contributed by atoms with Crippen molar-refractivity contribution in [2.45, 2.75) is 6.04 Å². The van der Waals surface area contributed by atoms with E-state index in [1.165, 1.54) is 0 Å². The van der Waals surface area contributed by atoms with Gasteiger partial charge in [0.15, 0.2) is 0 Å². The van der Waals surface area contributed by atoms with Gasteiger partial charge in [0, 0.05) is 11.5 Å². The lowest BCUT2D eigenvalue weighted by Gasteiger charge is -2.28. The quantitative estimate of drug-likeness (QED) is 0.524. The molecular weight excluding hydrogens is 348 g/mol. The first-order chi connectivity index (χ1) is 13.8. The molecule has 2 heterocycles. The summed E-state index contributed by atoms with van der Waals surface area (Å²) >= 11 is 0. The van der Waals surface area contributed by atoms with Gasteiger partial charge in [-0.3, -0.25) is 10.4 Å². The van der Waals surface area contributed by atoms with Crippen LogP contribution in [0.1, 0.15) is 17.2 Å². The van der Waals surface area contributed by atoms with Gasteiger partial charge in [0.1, 0.15) is 5.58 Å². The van der Waals surface area contributed by atoms with E-state index in [-0.39, 0.29) is 11.7 Å². The predicted octanol–water partition coefficient (Wildman–Crippen LogP) is 4.90. The molecule has 0 fully saturated rings.